The van der Waals surface area contributed by atoms with Gasteiger partial charge in [-0.3, -0.25) is 0 Å². The molecule has 0 aliphatic heterocycles. The molecule has 1 unspecified atom stereocenters. The van der Waals surface area contributed by atoms with Gasteiger partial charge in [0.15, 0.2) is 0 Å². The third-order valence-corrected chi connectivity index (χ3v) is 5.02. The molecule has 0 saturated carbocycles. The molecular formula is C19H22O. The first-order chi connectivity index (χ1) is 9.57. The second-order valence-electron chi connectivity index (χ2n) is 5.88. The van der Waals surface area contributed by atoms with Crippen molar-refractivity contribution in [3.05, 3.63) is 57.6 Å². The molecule has 104 valence electrons. The molecule has 1 atom stereocenters. The monoisotopic (exact) mass is 266 g/mol. The van der Waals surface area contributed by atoms with E-state index in [-0.39, 0.29) is 0 Å². The number of benzene rings is 2. The van der Waals surface area contributed by atoms with Gasteiger partial charge in [0.25, 0.3) is 0 Å². The van der Waals surface area contributed by atoms with E-state index >= 15 is 0 Å². The third kappa shape index (κ3) is 1.66. The molecule has 0 bridgehead atoms. The molecule has 0 radical (unpaired) electrons. The fourth-order valence-electron chi connectivity index (χ4n) is 3.65. The summed E-state index contributed by atoms with van der Waals surface area (Å²) >= 11 is 0. The summed E-state index contributed by atoms with van der Waals surface area (Å²) in [5, 5.41) is 0. The van der Waals surface area contributed by atoms with Crippen LogP contribution in [-0.4, -0.2) is 13.7 Å². The molecule has 0 spiro atoms. The molecule has 1 heteroatoms. The van der Waals surface area contributed by atoms with Gasteiger partial charge in [0.1, 0.15) is 0 Å². The highest BCUT2D eigenvalue weighted by Crippen LogP contribution is 2.49. The van der Waals surface area contributed by atoms with Crippen molar-refractivity contribution in [3.8, 4) is 11.1 Å². The zero-order chi connectivity index (χ0) is 14.4. The van der Waals surface area contributed by atoms with Crippen molar-refractivity contribution in [1.29, 1.82) is 0 Å². The summed E-state index contributed by atoms with van der Waals surface area (Å²) in [5.41, 5.74) is 11.4. The lowest BCUT2D eigenvalue weighted by Gasteiger charge is -2.19. The Morgan fingerprint density at radius 3 is 2.25 bits per heavy atom. The van der Waals surface area contributed by atoms with E-state index in [9.17, 15) is 0 Å². The average molecular weight is 266 g/mol. The largest absolute Gasteiger partial charge is 0.384 e. The Morgan fingerprint density at radius 1 is 0.900 bits per heavy atom. The summed E-state index contributed by atoms with van der Waals surface area (Å²) in [5.74, 6) is 0.379. The zero-order valence-electron chi connectivity index (χ0n) is 13.0. The second kappa shape index (κ2) is 4.75. The third-order valence-electron chi connectivity index (χ3n) is 5.02. The van der Waals surface area contributed by atoms with Crippen molar-refractivity contribution in [3.63, 3.8) is 0 Å². The van der Waals surface area contributed by atoms with E-state index in [1.165, 1.54) is 44.5 Å². The molecule has 20 heavy (non-hydrogen) atoms. The Hall–Kier alpha value is -1.60. The molecule has 0 N–H and O–H groups in total. The quantitative estimate of drug-likeness (QED) is 0.767. The summed E-state index contributed by atoms with van der Waals surface area (Å²) in [6.07, 6.45) is 0. The maximum Gasteiger partial charge on any atom is 0.0572 e. The highest BCUT2D eigenvalue weighted by Gasteiger charge is 2.32. The summed E-state index contributed by atoms with van der Waals surface area (Å²) in [4.78, 5) is 0. The van der Waals surface area contributed by atoms with Crippen molar-refractivity contribution in [2.45, 2.75) is 33.6 Å². The molecule has 2 aromatic carbocycles. The SMILES string of the molecule is COCC1c2ccccc2-c2c(C)c(C)c(C)c(C)c21. The van der Waals surface area contributed by atoms with E-state index in [1.54, 1.807) is 7.11 Å². The average Bonchev–Trinajstić information content (AvgIpc) is 2.78. The number of rotatable bonds is 2. The van der Waals surface area contributed by atoms with Crippen LogP contribution in [0.2, 0.25) is 0 Å². The Labute approximate surface area is 121 Å². The van der Waals surface area contributed by atoms with Crippen molar-refractivity contribution >= 4 is 0 Å². The standard InChI is InChI=1S/C19H22O/c1-11-12(2)14(4)19-17(10-20-5)15-8-6-7-9-16(15)18(19)13(11)3/h6-9,17H,10H2,1-5H3. The predicted molar refractivity (Wildman–Crippen MR) is 84.5 cm³/mol. The number of hydrogen-bond acceptors (Lipinski definition) is 1. The topological polar surface area (TPSA) is 9.23 Å². The summed E-state index contributed by atoms with van der Waals surface area (Å²) in [6.45, 7) is 9.75. The molecule has 0 saturated heterocycles. The summed E-state index contributed by atoms with van der Waals surface area (Å²) in [6, 6.07) is 8.78. The fraction of sp³-hybridized carbons (Fsp3) is 0.368. The van der Waals surface area contributed by atoms with Crippen molar-refractivity contribution in [2.24, 2.45) is 0 Å². The van der Waals surface area contributed by atoms with Gasteiger partial charge in [-0.25, -0.2) is 0 Å². The molecule has 2 aromatic rings. The number of fused-ring (bicyclic) bond motifs is 3. The van der Waals surface area contributed by atoms with Gasteiger partial charge >= 0.3 is 0 Å². The van der Waals surface area contributed by atoms with Crippen LogP contribution in [0.5, 0.6) is 0 Å². The van der Waals surface area contributed by atoms with E-state index in [0.717, 1.165) is 6.61 Å². The highest BCUT2D eigenvalue weighted by molar-refractivity contribution is 5.84. The summed E-state index contributed by atoms with van der Waals surface area (Å²) in [7, 11) is 1.80. The maximum atomic E-state index is 5.50. The molecule has 1 aliphatic rings. The smallest absolute Gasteiger partial charge is 0.0572 e. The van der Waals surface area contributed by atoms with Crippen LogP contribution in [0.1, 0.15) is 39.3 Å². The number of ether oxygens (including phenoxy) is 1. The van der Waals surface area contributed by atoms with Gasteiger partial charge in [0.05, 0.1) is 6.61 Å². The molecule has 0 fully saturated rings. The maximum absolute atomic E-state index is 5.50. The first kappa shape index (κ1) is 13.4. The molecular weight excluding hydrogens is 244 g/mol. The Balaban J connectivity index is 2.39. The minimum absolute atomic E-state index is 0.379. The van der Waals surface area contributed by atoms with Gasteiger partial charge in [-0.1, -0.05) is 24.3 Å². The van der Waals surface area contributed by atoms with Crippen LogP contribution in [0.3, 0.4) is 0 Å². The van der Waals surface area contributed by atoms with E-state index in [1.807, 2.05) is 0 Å². The minimum atomic E-state index is 0.379. The van der Waals surface area contributed by atoms with Gasteiger partial charge in [-0.05, 0) is 72.2 Å². The lowest BCUT2D eigenvalue weighted by Crippen LogP contribution is -2.08. The van der Waals surface area contributed by atoms with Gasteiger partial charge in [0.2, 0.25) is 0 Å². The Kier molecular flexibility index (Phi) is 3.18. The summed E-state index contributed by atoms with van der Waals surface area (Å²) < 4.78 is 5.50. The first-order valence-corrected chi connectivity index (χ1v) is 7.26. The second-order valence-corrected chi connectivity index (χ2v) is 5.88. The van der Waals surface area contributed by atoms with Crippen LogP contribution in [0.25, 0.3) is 11.1 Å². The predicted octanol–water partition coefficient (Wildman–Crippen LogP) is 4.68. The van der Waals surface area contributed by atoms with Crippen molar-refractivity contribution < 1.29 is 4.74 Å². The van der Waals surface area contributed by atoms with Crippen LogP contribution in [-0.2, 0) is 4.74 Å². The number of hydrogen-bond donors (Lipinski definition) is 0. The van der Waals surface area contributed by atoms with Crippen LogP contribution in [0, 0.1) is 27.7 Å². The molecule has 0 heterocycles. The number of methoxy groups -OCH3 is 1. The molecule has 3 rings (SSSR count). The fourth-order valence-corrected chi connectivity index (χ4v) is 3.65. The van der Waals surface area contributed by atoms with E-state index in [0.29, 0.717) is 5.92 Å². The molecule has 0 aromatic heterocycles. The van der Waals surface area contributed by atoms with E-state index in [2.05, 4.69) is 52.0 Å². The van der Waals surface area contributed by atoms with Crippen LogP contribution >= 0.6 is 0 Å². The van der Waals surface area contributed by atoms with Crippen molar-refractivity contribution in [1.82, 2.24) is 0 Å². The van der Waals surface area contributed by atoms with Crippen LogP contribution in [0.15, 0.2) is 24.3 Å². The molecule has 1 aliphatic carbocycles. The van der Waals surface area contributed by atoms with Gasteiger partial charge in [-0.15, -0.1) is 0 Å². The van der Waals surface area contributed by atoms with Crippen LogP contribution in [0.4, 0.5) is 0 Å². The van der Waals surface area contributed by atoms with E-state index < -0.39 is 0 Å². The van der Waals surface area contributed by atoms with Gasteiger partial charge < -0.3 is 4.74 Å². The lowest BCUT2D eigenvalue weighted by atomic mass is 9.86. The van der Waals surface area contributed by atoms with Crippen LogP contribution < -0.4 is 0 Å². The lowest BCUT2D eigenvalue weighted by molar-refractivity contribution is 0.190. The molecule has 0 amide bonds. The zero-order valence-corrected chi connectivity index (χ0v) is 13.0. The van der Waals surface area contributed by atoms with Gasteiger partial charge in [0, 0.05) is 13.0 Å². The first-order valence-electron chi connectivity index (χ1n) is 7.26. The Morgan fingerprint density at radius 2 is 1.55 bits per heavy atom. The van der Waals surface area contributed by atoms with Gasteiger partial charge in [-0.2, -0.15) is 0 Å². The van der Waals surface area contributed by atoms with E-state index in [4.69, 9.17) is 4.74 Å². The van der Waals surface area contributed by atoms with Crippen molar-refractivity contribution in [2.75, 3.05) is 13.7 Å². The normalized spacial score (nSPS) is 16.1. The molecule has 1 nitrogen and oxygen atoms in total. The minimum Gasteiger partial charge on any atom is -0.384 e. The Bertz CT molecular complexity index is 683. The highest BCUT2D eigenvalue weighted by atomic mass is 16.5.